The molecule has 0 aliphatic carbocycles. The summed E-state index contributed by atoms with van der Waals surface area (Å²) in [5, 5.41) is 0.975. The van der Waals surface area contributed by atoms with E-state index in [1.807, 2.05) is 30.3 Å². The molecule has 0 saturated carbocycles. The van der Waals surface area contributed by atoms with Crippen molar-refractivity contribution in [2.45, 2.75) is 24.3 Å². The van der Waals surface area contributed by atoms with Crippen molar-refractivity contribution in [3.63, 3.8) is 0 Å². The molecule has 6 nitrogen and oxygen atoms in total. The molecule has 3 aromatic rings. The number of ketones is 1. The number of Topliss-reactive ketones (excluding diaryl/α,β-unsaturated/α-hetero) is 1. The number of hydrogen-bond acceptors (Lipinski definition) is 5. The van der Waals surface area contributed by atoms with Gasteiger partial charge >= 0.3 is 0 Å². The van der Waals surface area contributed by atoms with E-state index in [-0.39, 0.29) is 23.3 Å². The standard InChI is InChI=1S/C21H20N2O4S/c1-15(24)17-6-2-8-19(13-17)28(25,26)23-12-10-18(14-23)27-20-9-3-5-16-7-4-11-22-21(16)20/h2-9,11,13,18H,10,12,14H2,1H3/t18-/m0/s1. The molecule has 2 heterocycles. The van der Waals surface area contributed by atoms with Gasteiger partial charge in [0.15, 0.2) is 5.78 Å². The molecule has 0 spiro atoms. The highest BCUT2D eigenvalue weighted by Crippen LogP contribution is 2.28. The van der Waals surface area contributed by atoms with Gasteiger partial charge in [-0.25, -0.2) is 8.42 Å². The minimum atomic E-state index is -3.68. The Morgan fingerprint density at radius 1 is 1.14 bits per heavy atom. The number of carbonyl (C=O) groups excluding carboxylic acids is 1. The molecule has 1 atom stereocenters. The summed E-state index contributed by atoms with van der Waals surface area (Å²) < 4.78 is 33.4. The molecule has 0 N–H and O–H groups in total. The molecule has 1 saturated heterocycles. The van der Waals surface area contributed by atoms with Crippen molar-refractivity contribution < 1.29 is 17.9 Å². The predicted octanol–water partition coefficient (Wildman–Crippen LogP) is 3.28. The molecule has 1 aromatic heterocycles. The average Bonchev–Trinajstić information content (AvgIpc) is 3.18. The second-order valence-electron chi connectivity index (χ2n) is 6.81. The fourth-order valence-electron chi connectivity index (χ4n) is 3.39. The van der Waals surface area contributed by atoms with Gasteiger partial charge in [0.25, 0.3) is 0 Å². The molecule has 28 heavy (non-hydrogen) atoms. The third-order valence-corrected chi connectivity index (χ3v) is 6.74. The lowest BCUT2D eigenvalue weighted by Gasteiger charge is -2.18. The van der Waals surface area contributed by atoms with Crippen molar-refractivity contribution >= 4 is 26.7 Å². The summed E-state index contributed by atoms with van der Waals surface area (Å²) in [4.78, 5) is 16.1. The first-order valence-corrected chi connectivity index (χ1v) is 10.5. The number of pyridine rings is 1. The van der Waals surface area contributed by atoms with E-state index in [1.165, 1.54) is 23.4 Å². The lowest BCUT2D eigenvalue weighted by Crippen LogP contribution is -2.31. The minimum absolute atomic E-state index is 0.132. The van der Waals surface area contributed by atoms with E-state index in [4.69, 9.17) is 4.74 Å². The molecular formula is C21H20N2O4S. The Hall–Kier alpha value is -2.77. The van der Waals surface area contributed by atoms with Crippen molar-refractivity contribution in [3.05, 3.63) is 66.4 Å². The van der Waals surface area contributed by atoms with E-state index in [1.54, 1.807) is 18.3 Å². The van der Waals surface area contributed by atoms with Crippen LogP contribution in [0.1, 0.15) is 23.7 Å². The quantitative estimate of drug-likeness (QED) is 0.619. The number of rotatable bonds is 5. The summed E-state index contributed by atoms with van der Waals surface area (Å²) in [6.07, 6.45) is 2.05. The van der Waals surface area contributed by atoms with E-state index < -0.39 is 10.0 Å². The molecule has 1 aliphatic rings. The van der Waals surface area contributed by atoms with Crippen molar-refractivity contribution in [2.24, 2.45) is 0 Å². The second-order valence-corrected chi connectivity index (χ2v) is 8.74. The molecule has 2 aromatic carbocycles. The van der Waals surface area contributed by atoms with Crippen LogP contribution in [0.15, 0.2) is 65.7 Å². The van der Waals surface area contributed by atoms with E-state index in [0.717, 1.165) is 10.9 Å². The molecule has 1 aliphatic heterocycles. The van der Waals surface area contributed by atoms with E-state index >= 15 is 0 Å². The summed E-state index contributed by atoms with van der Waals surface area (Å²) in [5.74, 6) is 0.490. The number of carbonyl (C=O) groups is 1. The highest BCUT2D eigenvalue weighted by Gasteiger charge is 2.34. The van der Waals surface area contributed by atoms with Gasteiger partial charge < -0.3 is 4.74 Å². The summed E-state index contributed by atoms with van der Waals surface area (Å²) in [6, 6.07) is 15.7. The zero-order chi connectivity index (χ0) is 19.7. The molecule has 0 bridgehead atoms. The first-order valence-electron chi connectivity index (χ1n) is 9.07. The van der Waals surface area contributed by atoms with E-state index in [2.05, 4.69) is 4.98 Å². The van der Waals surface area contributed by atoms with Crippen LogP contribution in [0.2, 0.25) is 0 Å². The Balaban J connectivity index is 1.53. The number of aromatic nitrogens is 1. The van der Waals surface area contributed by atoms with Gasteiger partial charge in [0.2, 0.25) is 10.0 Å². The molecule has 0 amide bonds. The number of sulfonamides is 1. The molecule has 7 heteroatoms. The average molecular weight is 396 g/mol. The van der Waals surface area contributed by atoms with Crippen LogP contribution in [0.25, 0.3) is 10.9 Å². The maximum Gasteiger partial charge on any atom is 0.243 e. The zero-order valence-corrected chi connectivity index (χ0v) is 16.2. The van der Waals surface area contributed by atoms with E-state index in [0.29, 0.717) is 24.3 Å². The van der Waals surface area contributed by atoms with Crippen LogP contribution >= 0.6 is 0 Å². The van der Waals surface area contributed by atoms with Crippen molar-refractivity contribution in [1.29, 1.82) is 0 Å². The lowest BCUT2D eigenvalue weighted by atomic mass is 10.2. The number of hydrogen-bond donors (Lipinski definition) is 0. The molecular weight excluding hydrogens is 376 g/mol. The van der Waals surface area contributed by atoms with Crippen LogP contribution < -0.4 is 4.74 Å². The van der Waals surface area contributed by atoms with Gasteiger partial charge in [-0.15, -0.1) is 0 Å². The number of ether oxygens (including phenoxy) is 1. The Morgan fingerprint density at radius 3 is 2.75 bits per heavy atom. The highest BCUT2D eigenvalue weighted by atomic mass is 32.2. The second kappa shape index (κ2) is 7.33. The molecule has 0 unspecified atom stereocenters. The number of benzene rings is 2. The highest BCUT2D eigenvalue weighted by molar-refractivity contribution is 7.89. The zero-order valence-electron chi connectivity index (χ0n) is 15.4. The largest absolute Gasteiger partial charge is 0.487 e. The minimum Gasteiger partial charge on any atom is -0.487 e. The van der Waals surface area contributed by atoms with Gasteiger partial charge in [0.1, 0.15) is 17.4 Å². The SMILES string of the molecule is CC(=O)c1cccc(S(=O)(=O)N2CC[C@H](Oc3cccc4cccnc34)C2)c1. The van der Waals surface area contributed by atoms with Crippen LogP contribution in [0.4, 0.5) is 0 Å². The van der Waals surface area contributed by atoms with Crippen molar-refractivity contribution in [1.82, 2.24) is 9.29 Å². The monoisotopic (exact) mass is 396 g/mol. The van der Waals surface area contributed by atoms with Crippen LogP contribution in [0.5, 0.6) is 5.75 Å². The van der Waals surface area contributed by atoms with Gasteiger partial charge in [0, 0.05) is 23.7 Å². The van der Waals surface area contributed by atoms with Crippen molar-refractivity contribution in [2.75, 3.05) is 13.1 Å². The van der Waals surface area contributed by atoms with Gasteiger partial charge in [-0.2, -0.15) is 4.31 Å². The predicted molar refractivity (Wildman–Crippen MR) is 106 cm³/mol. The molecule has 1 fully saturated rings. The third-order valence-electron chi connectivity index (χ3n) is 4.88. The molecule has 4 rings (SSSR count). The lowest BCUT2D eigenvalue weighted by molar-refractivity contribution is 0.101. The third kappa shape index (κ3) is 3.50. The van der Waals surface area contributed by atoms with E-state index in [9.17, 15) is 13.2 Å². The number of fused-ring (bicyclic) bond motifs is 1. The van der Waals surface area contributed by atoms with Gasteiger partial charge in [-0.3, -0.25) is 9.78 Å². The summed E-state index contributed by atoms with van der Waals surface area (Å²) in [6.45, 7) is 2.05. The van der Waals surface area contributed by atoms with Crippen molar-refractivity contribution in [3.8, 4) is 5.75 Å². The Morgan fingerprint density at radius 2 is 1.93 bits per heavy atom. The Bertz CT molecular complexity index is 1140. The normalized spacial score (nSPS) is 17.7. The van der Waals surface area contributed by atoms with Crippen LogP contribution in [0, 0.1) is 0 Å². The summed E-state index contributed by atoms with van der Waals surface area (Å²) in [5.41, 5.74) is 1.15. The first-order chi connectivity index (χ1) is 13.4. The summed E-state index contributed by atoms with van der Waals surface area (Å²) in [7, 11) is -3.68. The maximum absolute atomic E-state index is 13.0. The van der Waals surface area contributed by atoms with Gasteiger partial charge in [0.05, 0.1) is 11.4 Å². The van der Waals surface area contributed by atoms with Crippen LogP contribution in [0.3, 0.4) is 0 Å². The van der Waals surface area contributed by atoms with Crippen LogP contribution in [-0.4, -0.2) is 42.7 Å². The van der Waals surface area contributed by atoms with Crippen LogP contribution in [-0.2, 0) is 10.0 Å². The number of para-hydroxylation sites is 1. The summed E-state index contributed by atoms with van der Waals surface area (Å²) >= 11 is 0. The molecule has 0 radical (unpaired) electrons. The topological polar surface area (TPSA) is 76.6 Å². The van der Waals surface area contributed by atoms with Gasteiger partial charge in [-0.05, 0) is 37.6 Å². The number of nitrogens with zero attached hydrogens (tertiary/aromatic N) is 2. The smallest absolute Gasteiger partial charge is 0.243 e. The fourth-order valence-corrected chi connectivity index (χ4v) is 4.92. The maximum atomic E-state index is 13.0. The fraction of sp³-hybridized carbons (Fsp3) is 0.238. The Labute approximate surface area is 163 Å². The molecule has 144 valence electrons. The Kier molecular flexibility index (Phi) is 4.87. The van der Waals surface area contributed by atoms with Gasteiger partial charge in [-0.1, -0.05) is 30.3 Å². The first kappa shape index (κ1) is 18.6.